The zero-order chi connectivity index (χ0) is 16.7. The number of hydrogen-bond donors (Lipinski definition) is 4. The Balaban J connectivity index is 1.67. The molecule has 6 heteroatoms. The molecule has 2 aliphatic carbocycles. The summed E-state index contributed by atoms with van der Waals surface area (Å²) >= 11 is 0. The summed E-state index contributed by atoms with van der Waals surface area (Å²) in [6, 6.07) is -0.133. The van der Waals surface area contributed by atoms with Gasteiger partial charge in [-0.05, 0) is 31.6 Å². The summed E-state index contributed by atoms with van der Waals surface area (Å²) in [6.45, 7) is 0.631. The molecule has 0 aromatic carbocycles. The molecule has 2 saturated carbocycles. The molecule has 6 nitrogen and oxygen atoms in total. The summed E-state index contributed by atoms with van der Waals surface area (Å²) in [4.78, 5) is 22.9. The lowest BCUT2D eigenvalue weighted by atomic mass is 9.80. The van der Waals surface area contributed by atoms with Gasteiger partial charge in [0.2, 0.25) is 0 Å². The third-order valence-corrected chi connectivity index (χ3v) is 5.49. The normalized spacial score (nSPS) is 27.2. The van der Waals surface area contributed by atoms with E-state index >= 15 is 0 Å². The summed E-state index contributed by atoms with van der Waals surface area (Å²) in [5, 5.41) is 24.4. The Morgan fingerprint density at radius 1 is 1.00 bits per heavy atom. The van der Waals surface area contributed by atoms with Gasteiger partial charge in [0.25, 0.3) is 0 Å². The van der Waals surface area contributed by atoms with Crippen molar-refractivity contribution in [1.29, 1.82) is 0 Å². The highest BCUT2D eigenvalue weighted by atomic mass is 16.4. The van der Waals surface area contributed by atoms with Gasteiger partial charge in [-0.25, -0.2) is 4.79 Å². The smallest absolute Gasteiger partial charge is 0.315 e. The maximum Gasteiger partial charge on any atom is 0.315 e. The number of aliphatic hydroxyl groups is 1. The van der Waals surface area contributed by atoms with Crippen molar-refractivity contribution in [3.05, 3.63) is 0 Å². The van der Waals surface area contributed by atoms with Gasteiger partial charge >= 0.3 is 12.0 Å². The summed E-state index contributed by atoms with van der Waals surface area (Å²) in [6.07, 6.45) is 8.71. The SMILES string of the molecule is O=C(NCC(CO)C1CCCCC1)NC1CCC(C(=O)O)CC1. The number of urea groups is 1. The van der Waals surface area contributed by atoms with Crippen LogP contribution in [0, 0.1) is 17.8 Å². The molecule has 0 saturated heterocycles. The number of carbonyl (C=O) groups excluding carboxylic acids is 1. The molecule has 2 rings (SSSR count). The Morgan fingerprint density at radius 2 is 1.65 bits per heavy atom. The van der Waals surface area contributed by atoms with Gasteiger partial charge in [0, 0.05) is 25.1 Å². The number of aliphatic carboxylic acids is 1. The van der Waals surface area contributed by atoms with Crippen LogP contribution in [0.3, 0.4) is 0 Å². The van der Waals surface area contributed by atoms with Crippen molar-refractivity contribution in [1.82, 2.24) is 10.6 Å². The van der Waals surface area contributed by atoms with Gasteiger partial charge in [-0.15, -0.1) is 0 Å². The van der Waals surface area contributed by atoms with Crippen molar-refractivity contribution in [2.75, 3.05) is 13.2 Å². The first-order valence-electron chi connectivity index (χ1n) is 8.98. The number of carboxylic acid groups (broad SMARTS) is 1. The van der Waals surface area contributed by atoms with Crippen LogP contribution in [-0.4, -0.2) is 41.4 Å². The van der Waals surface area contributed by atoms with E-state index in [0.29, 0.717) is 25.3 Å². The Labute approximate surface area is 138 Å². The lowest BCUT2D eigenvalue weighted by Gasteiger charge is -2.30. The molecule has 0 aromatic heterocycles. The third kappa shape index (κ3) is 5.68. The van der Waals surface area contributed by atoms with E-state index in [4.69, 9.17) is 5.11 Å². The second-order valence-electron chi connectivity index (χ2n) is 7.08. The molecular formula is C17H30N2O4. The summed E-state index contributed by atoms with van der Waals surface area (Å²) in [5.41, 5.74) is 0. The molecule has 0 aromatic rings. The van der Waals surface area contributed by atoms with Crippen LogP contribution in [0.15, 0.2) is 0 Å². The van der Waals surface area contributed by atoms with Crippen molar-refractivity contribution in [2.45, 2.75) is 63.8 Å². The molecule has 4 N–H and O–H groups in total. The number of hydrogen-bond acceptors (Lipinski definition) is 3. The van der Waals surface area contributed by atoms with Gasteiger partial charge in [-0.1, -0.05) is 32.1 Å². The van der Waals surface area contributed by atoms with Crippen LogP contribution >= 0.6 is 0 Å². The minimum Gasteiger partial charge on any atom is -0.481 e. The first-order valence-corrected chi connectivity index (χ1v) is 8.98. The fraction of sp³-hybridized carbons (Fsp3) is 0.882. The monoisotopic (exact) mass is 326 g/mol. The van der Waals surface area contributed by atoms with E-state index in [1.54, 1.807) is 0 Å². The molecule has 23 heavy (non-hydrogen) atoms. The first kappa shape index (κ1) is 18.0. The van der Waals surface area contributed by atoms with Crippen LogP contribution in [0.2, 0.25) is 0 Å². The van der Waals surface area contributed by atoms with Gasteiger partial charge in [0.15, 0.2) is 0 Å². The van der Waals surface area contributed by atoms with Gasteiger partial charge in [-0.2, -0.15) is 0 Å². The van der Waals surface area contributed by atoms with Crippen LogP contribution in [0.5, 0.6) is 0 Å². The highest BCUT2D eigenvalue weighted by Gasteiger charge is 2.27. The minimum atomic E-state index is -0.730. The Hall–Kier alpha value is -1.30. The van der Waals surface area contributed by atoms with Crippen LogP contribution in [0.4, 0.5) is 4.79 Å². The first-order chi connectivity index (χ1) is 11.1. The maximum absolute atomic E-state index is 12.0. The predicted octanol–water partition coefficient (Wildman–Crippen LogP) is 2.12. The lowest BCUT2D eigenvalue weighted by Crippen LogP contribution is -2.46. The highest BCUT2D eigenvalue weighted by Crippen LogP contribution is 2.29. The van der Waals surface area contributed by atoms with Crippen LogP contribution in [0.1, 0.15) is 57.8 Å². The molecule has 1 atom stereocenters. The number of nitrogens with one attached hydrogen (secondary N) is 2. The topological polar surface area (TPSA) is 98.7 Å². The molecule has 0 spiro atoms. The van der Waals surface area contributed by atoms with Gasteiger partial charge in [-0.3, -0.25) is 4.79 Å². The summed E-state index contributed by atoms with van der Waals surface area (Å²) < 4.78 is 0. The molecule has 1 unspecified atom stereocenters. The molecule has 2 amide bonds. The van der Waals surface area contributed by atoms with Crippen molar-refractivity contribution in [3.8, 4) is 0 Å². The van der Waals surface area contributed by atoms with Crippen molar-refractivity contribution in [3.63, 3.8) is 0 Å². The Morgan fingerprint density at radius 3 is 2.22 bits per heavy atom. The molecule has 0 aliphatic heterocycles. The van der Waals surface area contributed by atoms with E-state index in [1.807, 2.05) is 0 Å². The van der Waals surface area contributed by atoms with Crippen LogP contribution < -0.4 is 10.6 Å². The fourth-order valence-electron chi connectivity index (χ4n) is 3.93. The minimum absolute atomic E-state index is 0.0628. The van der Waals surface area contributed by atoms with Gasteiger partial charge in [0.05, 0.1) is 5.92 Å². The zero-order valence-corrected chi connectivity index (χ0v) is 13.8. The molecule has 2 aliphatic rings. The molecule has 0 heterocycles. The lowest BCUT2D eigenvalue weighted by molar-refractivity contribution is -0.142. The van der Waals surface area contributed by atoms with Crippen LogP contribution in [0.25, 0.3) is 0 Å². The predicted molar refractivity (Wildman–Crippen MR) is 87.1 cm³/mol. The Bertz CT molecular complexity index is 388. The highest BCUT2D eigenvalue weighted by molar-refractivity contribution is 5.74. The van der Waals surface area contributed by atoms with Gasteiger partial charge in [0.1, 0.15) is 0 Å². The van der Waals surface area contributed by atoms with E-state index in [9.17, 15) is 14.7 Å². The van der Waals surface area contributed by atoms with E-state index < -0.39 is 5.97 Å². The number of rotatable bonds is 6. The average Bonchev–Trinajstić information content (AvgIpc) is 2.57. The number of amides is 2. The van der Waals surface area contributed by atoms with Crippen LogP contribution in [-0.2, 0) is 4.79 Å². The fourth-order valence-corrected chi connectivity index (χ4v) is 3.93. The quantitative estimate of drug-likeness (QED) is 0.601. The van der Waals surface area contributed by atoms with Crippen molar-refractivity contribution >= 4 is 12.0 Å². The average molecular weight is 326 g/mol. The van der Waals surface area contributed by atoms with E-state index in [-0.39, 0.29) is 30.5 Å². The van der Waals surface area contributed by atoms with E-state index in [1.165, 1.54) is 19.3 Å². The van der Waals surface area contributed by atoms with E-state index in [2.05, 4.69) is 10.6 Å². The maximum atomic E-state index is 12.0. The standard InChI is InChI=1S/C17H30N2O4/c20-11-14(12-4-2-1-3-5-12)10-18-17(23)19-15-8-6-13(7-9-15)16(21)22/h12-15,20H,1-11H2,(H,21,22)(H2,18,19,23). The molecule has 2 fully saturated rings. The zero-order valence-electron chi connectivity index (χ0n) is 13.8. The molecule has 0 radical (unpaired) electrons. The van der Waals surface area contributed by atoms with Crippen molar-refractivity contribution < 1.29 is 19.8 Å². The Kier molecular flexibility index (Phi) is 7.15. The number of carbonyl (C=O) groups is 2. The van der Waals surface area contributed by atoms with Crippen molar-refractivity contribution in [2.24, 2.45) is 17.8 Å². The number of aliphatic hydroxyl groups excluding tert-OH is 1. The number of carboxylic acids is 1. The largest absolute Gasteiger partial charge is 0.481 e. The molecular weight excluding hydrogens is 296 g/mol. The summed E-state index contributed by atoms with van der Waals surface area (Å²) in [7, 11) is 0. The van der Waals surface area contributed by atoms with Gasteiger partial charge < -0.3 is 20.8 Å². The third-order valence-electron chi connectivity index (χ3n) is 5.49. The second-order valence-corrected chi connectivity index (χ2v) is 7.08. The summed E-state index contributed by atoms with van der Waals surface area (Å²) in [5.74, 6) is -0.337. The van der Waals surface area contributed by atoms with E-state index in [0.717, 1.165) is 25.7 Å². The molecule has 0 bridgehead atoms. The second kappa shape index (κ2) is 9.11. The molecule has 132 valence electrons.